The van der Waals surface area contributed by atoms with Crippen molar-refractivity contribution in [3.63, 3.8) is 0 Å². The Hall–Kier alpha value is -1.39. The minimum Gasteiger partial charge on any atom is -0.326 e. The second-order valence-corrected chi connectivity index (χ2v) is 5.46. The van der Waals surface area contributed by atoms with Gasteiger partial charge in [-0.2, -0.15) is 0 Å². The molecule has 0 fully saturated rings. The maximum atomic E-state index is 12.1. The third-order valence-electron chi connectivity index (χ3n) is 3.96. The minimum atomic E-state index is 0.0447. The van der Waals surface area contributed by atoms with E-state index in [4.69, 9.17) is 5.73 Å². The number of rotatable bonds is 9. The van der Waals surface area contributed by atoms with Crippen molar-refractivity contribution in [2.45, 2.75) is 40.2 Å². The van der Waals surface area contributed by atoms with E-state index in [-0.39, 0.29) is 5.91 Å². The fraction of sp³-hybridized carbons (Fsp3) is 0.588. The van der Waals surface area contributed by atoms with E-state index in [2.05, 4.69) is 31.0 Å². The topological polar surface area (TPSA) is 58.4 Å². The van der Waals surface area contributed by atoms with Crippen LogP contribution >= 0.6 is 0 Å². The number of nitrogens with two attached hydrogens (primary N) is 1. The average molecular weight is 291 g/mol. The molecule has 21 heavy (non-hydrogen) atoms. The fourth-order valence-electron chi connectivity index (χ4n) is 2.35. The lowest BCUT2D eigenvalue weighted by molar-refractivity contribution is -0.117. The molecule has 0 saturated heterocycles. The van der Waals surface area contributed by atoms with Crippen LogP contribution in [0.4, 0.5) is 5.69 Å². The summed E-state index contributed by atoms with van der Waals surface area (Å²) >= 11 is 0. The molecule has 1 rings (SSSR count). The van der Waals surface area contributed by atoms with Crippen molar-refractivity contribution in [1.29, 1.82) is 0 Å². The van der Waals surface area contributed by atoms with E-state index in [1.807, 2.05) is 24.3 Å². The lowest BCUT2D eigenvalue weighted by Crippen LogP contribution is -2.36. The highest BCUT2D eigenvalue weighted by molar-refractivity contribution is 5.92. The molecule has 1 aromatic carbocycles. The second kappa shape index (κ2) is 9.53. The van der Waals surface area contributed by atoms with Crippen LogP contribution in [0.2, 0.25) is 0 Å². The number of carbonyl (C=O) groups is 1. The maximum absolute atomic E-state index is 12.1. The zero-order chi connectivity index (χ0) is 15.7. The molecule has 0 atom stereocenters. The molecule has 0 saturated carbocycles. The minimum absolute atomic E-state index is 0.0447. The summed E-state index contributed by atoms with van der Waals surface area (Å²) in [6.07, 6.45) is 2.32. The Bertz CT molecular complexity index is 413. The number of hydrogen-bond donors (Lipinski definition) is 2. The van der Waals surface area contributed by atoms with E-state index in [0.29, 0.717) is 19.0 Å². The van der Waals surface area contributed by atoms with E-state index < -0.39 is 0 Å². The van der Waals surface area contributed by atoms with Crippen molar-refractivity contribution in [2.75, 3.05) is 25.0 Å². The summed E-state index contributed by atoms with van der Waals surface area (Å²) in [6.45, 7) is 9.38. The van der Waals surface area contributed by atoms with E-state index in [1.165, 1.54) is 0 Å². The number of amides is 1. The lowest BCUT2D eigenvalue weighted by Gasteiger charge is -2.24. The molecule has 0 aliphatic rings. The predicted octanol–water partition coefficient (Wildman–Crippen LogP) is 2.84. The Balaban J connectivity index is 2.49. The third-order valence-corrected chi connectivity index (χ3v) is 3.96. The summed E-state index contributed by atoms with van der Waals surface area (Å²) in [7, 11) is 0. The number of anilines is 1. The van der Waals surface area contributed by atoms with Gasteiger partial charge >= 0.3 is 0 Å². The molecule has 0 heterocycles. The predicted molar refractivity (Wildman–Crippen MR) is 89.1 cm³/mol. The smallest absolute Gasteiger partial charge is 0.238 e. The number of nitrogens with one attached hydrogen (secondary N) is 1. The van der Waals surface area contributed by atoms with Gasteiger partial charge in [0, 0.05) is 18.8 Å². The Morgan fingerprint density at radius 3 is 2.29 bits per heavy atom. The van der Waals surface area contributed by atoms with E-state index >= 15 is 0 Å². The molecular weight excluding hydrogens is 262 g/mol. The van der Waals surface area contributed by atoms with Gasteiger partial charge < -0.3 is 11.1 Å². The van der Waals surface area contributed by atoms with Crippen molar-refractivity contribution in [2.24, 2.45) is 11.7 Å². The van der Waals surface area contributed by atoms with Gasteiger partial charge in [-0.05, 0) is 30.2 Å². The molecule has 1 amide bonds. The Morgan fingerprint density at radius 1 is 1.19 bits per heavy atom. The van der Waals surface area contributed by atoms with Crippen molar-refractivity contribution >= 4 is 11.6 Å². The molecular formula is C17H29N3O. The summed E-state index contributed by atoms with van der Waals surface area (Å²) in [4.78, 5) is 14.3. The monoisotopic (exact) mass is 291 g/mol. The zero-order valence-corrected chi connectivity index (χ0v) is 13.6. The molecule has 0 aliphatic carbocycles. The molecule has 0 aliphatic heterocycles. The second-order valence-electron chi connectivity index (χ2n) is 5.46. The van der Waals surface area contributed by atoms with Crippen LogP contribution in [0.15, 0.2) is 24.3 Å². The molecule has 4 nitrogen and oxygen atoms in total. The first-order valence-electron chi connectivity index (χ1n) is 7.94. The summed E-state index contributed by atoms with van der Waals surface area (Å²) in [5.74, 6) is 0.713. The van der Waals surface area contributed by atoms with Crippen molar-refractivity contribution < 1.29 is 4.79 Å². The SMILES string of the molecule is CCC(CC)CN(CC)CC(=O)Nc1ccc(CN)cc1. The molecule has 3 N–H and O–H groups in total. The van der Waals surface area contributed by atoms with Crippen molar-refractivity contribution in [1.82, 2.24) is 4.90 Å². The van der Waals surface area contributed by atoms with Crippen molar-refractivity contribution in [3.05, 3.63) is 29.8 Å². The van der Waals surface area contributed by atoms with E-state index in [9.17, 15) is 4.79 Å². The highest BCUT2D eigenvalue weighted by Crippen LogP contribution is 2.11. The fourth-order valence-corrected chi connectivity index (χ4v) is 2.35. The van der Waals surface area contributed by atoms with Crippen LogP contribution in [0.1, 0.15) is 39.2 Å². The molecule has 4 heteroatoms. The first kappa shape index (κ1) is 17.7. The van der Waals surface area contributed by atoms with Gasteiger partial charge in [0.15, 0.2) is 0 Å². The molecule has 0 bridgehead atoms. The van der Waals surface area contributed by atoms with Gasteiger partial charge in [0.05, 0.1) is 6.54 Å². The third kappa shape index (κ3) is 6.27. The Kier molecular flexibility index (Phi) is 8.01. The first-order chi connectivity index (χ1) is 10.1. The molecule has 0 aromatic heterocycles. The van der Waals surface area contributed by atoms with E-state index in [0.717, 1.165) is 37.2 Å². The highest BCUT2D eigenvalue weighted by Gasteiger charge is 2.13. The van der Waals surface area contributed by atoms with Crippen LogP contribution in [0.3, 0.4) is 0 Å². The van der Waals surface area contributed by atoms with Crippen LogP contribution in [-0.4, -0.2) is 30.4 Å². The summed E-state index contributed by atoms with van der Waals surface area (Å²) in [5, 5.41) is 2.95. The van der Waals surface area contributed by atoms with Crippen LogP contribution in [0.25, 0.3) is 0 Å². The standard InChI is InChI=1S/C17H29N3O/c1-4-14(5-2)12-20(6-3)13-17(21)19-16-9-7-15(11-18)8-10-16/h7-10,14H,4-6,11-13,18H2,1-3H3,(H,19,21). The number of benzene rings is 1. The Morgan fingerprint density at radius 2 is 1.81 bits per heavy atom. The molecule has 0 radical (unpaired) electrons. The number of nitrogens with zero attached hydrogens (tertiary/aromatic N) is 1. The first-order valence-corrected chi connectivity index (χ1v) is 7.94. The Labute approximate surface area is 128 Å². The summed E-state index contributed by atoms with van der Waals surface area (Å²) in [5.41, 5.74) is 7.46. The zero-order valence-electron chi connectivity index (χ0n) is 13.6. The maximum Gasteiger partial charge on any atom is 0.238 e. The van der Waals surface area contributed by atoms with Crippen LogP contribution in [-0.2, 0) is 11.3 Å². The van der Waals surface area contributed by atoms with Crippen LogP contribution in [0.5, 0.6) is 0 Å². The molecule has 0 unspecified atom stereocenters. The average Bonchev–Trinajstić information content (AvgIpc) is 2.52. The quantitative estimate of drug-likeness (QED) is 0.735. The van der Waals surface area contributed by atoms with Gasteiger partial charge in [0.1, 0.15) is 0 Å². The summed E-state index contributed by atoms with van der Waals surface area (Å²) in [6, 6.07) is 7.68. The molecule has 1 aromatic rings. The van der Waals surface area contributed by atoms with Gasteiger partial charge in [0.2, 0.25) is 5.91 Å². The van der Waals surface area contributed by atoms with Gasteiger partial charge in [-0.1, -0.05) is 45.7 Å². The van der Waals surface area contributed by atoms with Crippen molar-refractivity contribution in [3.8, 4) is 0 Å². The van der Waals surface area contributed by atoms with Crippen LogP contribution in [0, 0.1) is 5.92 Å². The summed E-state index contributed by atoms with van der Waals surface area (Å²) < 4.78 is 0. The number of carbonyl (C=O) groups excluding carboxylic acids is 1. The molecule has 118 valence electrons. The van der Waals surface area contributed by atoms with Crippen LogP contribution < -0.4 is 11.1 Å². The molecule has 0 spiro atoms. The van der Waals surface area contributed by atoms with Gasteiger partial charge in [-0.25, -0.2) is 0 Å². The number of likely N-dealkylation sites (N-methyl/N-ethyl adjacent to an activating group) is 1. The van der Waals surface area contributed by atoms with Gasteiger partial charge in [-0.15, -0.1) is 0 Å². The van der Waals surface area contributed by atoms with Gasteiger partial charge in [-0.3, -0.25) is 9.69 Å². The normalized spacial score (nSPS) is 11.1. The van der Waals surface area contributed by atoms with Gasteiger partial charge in [0.25, 0.3) is 0 Å². The highest BCUT2D eigenvalue weighted by atomic mass is 16.2. The van der Waals surface area contributed by atoms with E-state index in [1.54, 1.807) is 0 Å². The lowest BCUT2D eigenvalue weighted by atomic mass is 10.0. The largest absolute Gasteiger partial charge is 0.326 e. The number of hydrogen-bond acceptors (Lipinski definition) is 3.